The van der Waals surface area contributed by atoms with Gasteiger partial charge < -0.3 is 24.0 Å². The molecule has 1 saturated heterocycles. The molecule has 0 unspecified atom stereocenters. The number of rotatable bonds is 5. The van der Waals surface area contributed by atoms with Crippen LogP contribution in [-0.2, 0) is 4.79 Å². The summed E-state index contributed by atoms with van der Waals surface area (Å²) in [5.41, 5.74) is 5.20. The average Bonchev–Trinajstić information content (AvgIpc) is 3.14. The van der Waals surface area contributed by atoms with Gasteiger partial charge in [0.15, 0.2) is 0 Å². The van der Waals surface area contributed by atoms with Crippen LogP contribution in [0.3, 0.4) is 0 Å². The Labute approximate surface area is 221 Å². The Hall–Kier alpha value is -1.42. The summed E-state index contributed by atoms with van der Waals surface area (Å²) in [7, 11) is 2.05. The van der Waals surface area contributed by atoms with E-state index in [0.29, 0.717) is 32.5 Å². The molecular weight excluding hydrogens is 577 g/mol. The van der Waals surface area contributed by atoms with Gasteiger partial charge in [0.2, 0.25) is 0 Å². The predicted octanol–water partition coefficient (Wildman–Crippen LogP) is 2.74. The van der Waals surface area contributed by atoms with Crippen LogP contribution in [0.5, 0.6) is 0 Å². The molecule has 178 valence electrons. The van der Waals surface area contributed by atoms with Gasteiger partial charge in [-0.25, -0.2) is 8.98 Å². The van der Waals surface area contributed by atoms with Gasteiger partial charge in [0, 0.05) is 10.9 Å². The van der Waals surface area contributed by atoms with Gasteiger partial charge in [-0.1, -0.05) is 42.3 Å². The molecule has 0 saturated carbocycles. The van der Waals surface area contributed by atoms with Gasteiger partial charge in [0.1, 0.15) is 24.6 Å². The van der Waals surface area contributed by atoms with E-state index in [1.165, 1.54) is 18.6 Å². The van der Waals surface area contributed by atoms with E-state index in [0.717, 1.165) is 31.5 Å². The number of likely N-dealkylation sites (tertiary alicyclic amines) is 1. The van der Waals surface area contributed by atoms with Crippen LogP contribution in [-0.4, -0.2) is 36.3 Å². The molecule has 2 aliphatic rings. The van der Waals surface area contributed by atoms with Crippen LogP contribution in [0.15, 0.2) is 47.6 Å². The van der Waals surface area contributed by atoms with Gasteiger partial charge in [-0.15, -0.1) is 0 Å². The number of piperidine rings is 1. The second-order valence-electron chi connectivity index (χ2n) is 8.78. The van der Waals surface area contributed by atoms with Crippen LogP contribution in [0.1, 0.15) is 44.2 Å². The molecule has 33 heavy (non-hydrogen) atoms. The topological polar surface area (TPSA) is 44.7 Å². The maximum atomic E-state index is 13.6. The maximum Gasteiger partial charge on any atom is 0.312 e. The molecule has 0 radical (unpaired) electrons. The summed E-state index contributed by atoms with van der Waals surface area (Å²) in [6.07, 6.45) is 4.06. The van der Waals surface area contributed by atoms with Crippen molar-refractivity contribution < 1.29 is 37.8 Å². The number of nitrogens with one attached hydrogen (secondary N) is 1. The molecule has 1 fully saturated rings. The number of hydrogen-bond donors (Lipinski definition) is 1. The Balaban J connectivity index is 0.00000306. The van der Waals surface area contributed by atoms with Crippen molar-refractivity contribution in [3.8, 4) is 0 Å². The van der Waals surface area contributed by atoms with Crippen LogP contribution >= 0.6 is 23.2 Å². The van der Waals surface area contributed by atoms with Gasteiger partial charge in [-0.2, -0.15) is 10.5 Å². The number of anilines is 1. The van der Waals surface area contributed by atoms with E-state index < -0.39 is 0 Å². The molecule has 2 aromatic carbocycles. The third-order valence-electron chi connectivity index (χ3n) is 6.43. The van der Waals surface area contributed by atoms with Crippen molar-refractivity contribution in [3.05, 3.63) is 63.9 Å². The third kappa shape index (κ3) is 5.63. The van der Waals surface area contributed by atoms with Crippen LogP contribution in [0.25, 0.3) is 0 Å². The molecule has 2 aromatic rings. The molecule has 1 amide bonds. The summed E-state index contributed by atoms with van der Waals surface area (Å²) in [5.74, 6) is -0.651. The summed E-state index contributed by atoms with van der Waals surface area (Å²) < 4.78 is 14.2. The Bertz CT molecular complexity index is 1030. The van der Waals surface area contributed by atoms with Crippen LogP contribution < -0.4 is 34.4 Å². The van der Waals surface area contributed by atoms with Crippen molar-refractivity contribution >= 4 is 40.5 Å². The number of benzene rings is 2. The van der Waals surface area contributed by atoms with Crippen molar-refractivity contribution in [1.29, 1.82) is 0 Å². The lowest BCUT2D eigenvalue weighted by Gasteiger charge is -2.36. The Morgan fingerprint density at radius 2 is 1.82 bits per heavy atom. The second-order valence-corrected chi connectivity index (χ2v) is 9.63. The van der Waals surface area contributed by atoms with Crippen molar-refractivity contribution in [3.63, 3.8) is 0 Å². The number of amides is 1. The first-order valence-corrected chi connectivity index (χ1v) is 11.8. The first-order valence-electron chi connectivity index (χ1n) is 11.1. The monoisotopic (exact) mass is 604 g/mol. The zero-order valence-electron chi connectivity index (χ0n) is 18.7. The molecule has 0 aliphatic carbocycles. The smallest absolute Gasteiger partial charge is 0.312 e. The molecule has 5 nitrogen and oxygen atoms in total. The Morgan fingerprint density at radius 1 is 1.15 bits per heavy atom. The van der Waals surface area contributed by atoms with Gasteiger partial charge in [0.05, 0.1) is 23.8 Å². The summed E-state index contributed by atoms with van der Waals surface area (Å²) >= 11 is 12.6. The maximum absolute atomic E-state index is 13.6. The standard InChI is InChI=1S/C24H27Cl2FN4O.HI/c1-3-19-22(24(32)29-31(2)13-5-4-6-14-31)28-30(21-12-9-17(25)15-20(21)26)23(19)16-7-10-18(27)11-8-16;/h7-12,15,19,23H,3-6,13-14H2,1-2H3;1H/t19-,23+;/m0./s1. The number of halogens is 4. The van der Waals surface area contributed by atoms with Crippen LogP contribution in [0.4, 0.5) is 10.1 Å². The van der Waals surface area contributed by atoms with Gasteiger partial charge in [0.25, 0.3) is 0 Å². The lowest BCUT2D eigenvalue weighted by Crippen LogP contribution is -3.00. The highest BCUT2D eigenvalue weighted by molar-refractivity contribution is 6.40. The predicted molar refractivity (Wildman–Crippen MR) is 127 cm³/mol. The number of nitrogens with zero attached hydrogens (tertiary/aromatic N) is 3. The largest absolute Gasteiger partial charge is 1.00 e. The molecule has 0 spiro atoms. The summed E-state index contributed by atoms with van der Waals surface area (Å²) in [4.78, 5) is 13.4. The molecule has 1 N–H and O–H groups in total. The first-order chi connectivity index (χ1) is 15.3. The number of quaternary nitrogens is 1. The minimum absolute atomic E-state index is 0. The minimum Gasteiger partial charge on any atom is -1.00 e. The fourth-order valence-electron chi connectivity index (χ4n) is 4.73. The average molecular weight is 605 g/mol. The summed E-state index contributed by atoms with van der Waals surface area (Å²) in [6, 6.07) is 11.3. The van der Waals surface area contributed by atoms with E-state index in [-0.39, 0.29) is 47.7 Å². The van der Waals surface area contributed by atoms with Crippen LogP contribution in [0, 0.1) is 11.7 Å². The molecule has 4 rings (SSSR count). The van der Waals surface area contributed by atoms with Gasteiger partial charge in [-0.05, 0) is 61.6 Å². The highest BCUT2D eigenvalue weighted by Gasteiger charge is 2.43. The van der Waals surface area contributed by atoms with Crippen molar-refractivity contribution in [1.82, 2.24) is 5.43 Å². The van der Waals surface area contributed by atoms with E-state index in [1.54, 1.807) is 35.3 Å². The van der Waals surface area contributed by atoms with E-state index >= 15 is 0 Å². The van der Waals surface area contributed by atoms with E-state index in [4.69, 9.17) is 28.3 Å². The summed E-state index contributed by atoms with van der Waals surface area (Å²) in [5, 5.41) is 7.53. The Kier molecular flexibility index (Phi) is 8.64. The third-order valence-corrected chi connectivity index (χ3v) is 6.96. The van der Waals surface area contributed by atoms with Crippen molar-refractivity contribution in [2.45, 2.75) is 38.6 Å². The van der Waals surface area contributed by atoms with Crippen molar-refractivity contribution in [2.75, 3.05) is 25.1 Å². The van der Waals surface area contributed by atoms with E-state index in [1.807, 2.05) is 6.92 Å². The fraction of sp³-hybridized carbons (Fsp3) is 0.417. The number of carbonyl (C=O) groups excluding carboxylic acids is 1. The van der Waals surface area contributed by atoms with E-state index in [9.17, 15) is 9.18 Å². The van der Waals surface area contributed by atoms with Crippen molar-refractivity contribution in [2.24, 2.45) is 11.0 Å². The molecule has 9 heteroatoms. The molecule has 2 aliphatic heterocycles. The van der Waals surface area contributed by atoms with Gasteiger partial charge >= 0.3 is 5.91 Å². The quantitative estimate of drug-likeness (QED) is 0.421. The highest BCUT2D eigenvalue weighted by atomic mass is 127. The minimum atomic E-state index is -0.308. The van der Waals surface area contributed by atoms with Gasteiger partial charge in [-0.3, -0.25) is 9.80 Å². The van der Waals surface area contributed by atoms with Crippen LogP contribution in [0.2, 0.25) is 10.0 Å². The molecule has 0 bridgehead atoms. The molecule has 2 atom stereocenters. The number of carbonyl (C=O) groups is 1. The first kappa shape index (κ1) is 26.2. The fourth-order valence-corrected chi connectivity index (χ4v) is 5.23. The zero-order chi connectivity index (χ0) is 22.9. The number of hydrogen-bond acceptors (Lipinski definition) is 3. The molecule has 2 heterocycles. The Morgan fingerprint density at radius 3 is 2.42 bits per heavy atom. The molecular formula is C24H28Cl2FIN4O. The molecule has 0 aromatic heterocycles. The SMILES string of the molecule is CC[C@H]1C(C(=O)N[N+]2(C)CCCCC2)=NN(c2ccc(Cl)cc2Cl)[C@@H]1c1ccc(F)cc1.[I-]. The normalized spacial score (nSPS) is 21.8. The zero-order valence-corrected chi connectivity index (χ0v) is 22.4. The summed E-state index contributed by atoms with van der Waals surface area (Å²) in [6.45, 7) is 3.85. The second kappa shape index (κ2) is 10.9. The van der Waals surface area contributed by atoms with E-state index in [2.05, 4.69) is 12.5 Å². The number of hydrazone groups is 1. The lowest BCUT2D eigenvalue weighted by atomic mass is 9.87. The highest BCUT2D eigenvalue weighted by Crippen LogP contribution is 2.43. The lowest BCUT2D eigenvalue weighted by molar-refractivity contribution is -0.947.